The van der Waals surface area contributed by atoms with Gasteiger partial charge in [-0.2, -0.15) is 0 Å². The van der Waals surface area contributed by atoms with Crippen LogP contribution in [0.5, 0.6) is 0 Å². The maximum atomic E-state index is 12.3. The van der Waals surface area contributed by atoms with E-state index in [2.05, 4.69) is 5.32 Å². The Labute approximate surface area is 176 Å². The van der Waals surface area contributed by atoms with E-state index >= 15 is 0 Å². The van der Waals surface area contributed by atoms with Gasteiger partial charge in [0.1, 0.15) is 5.69 Å². The molecule has 0 aliphatic heterocycles. The maximum absolute atomic E-state index is 12.3. The van der Waals surface area contributed by atoms with Crippen LogP contribution < -0.4 is 11.1 Å². The average Bonchev–Trinajstić information content (AvgIpc) is 2.78. The number of carbonyl (C=O) groups is 3. The number of anilines is 2. The largest absolute Gasteiger partial charge is 0.454 e. The van der Waals surface area contributed by atoms with Crippen molar-refractivity contribution in [2.75, 3.05) is 17.7 Å². The lowest BCUT2D eigenvalue weighted by atomic mass is 10.1. The zero-order valence-electron chi connectivity index (χ0n) is 16.1. The molecule has 3 N–H and O–H groups in total. The van der Waals surface area contributed by atoms with Crippen molar-refractivity contribution in [2.45, 2.75) is 0 Å². The molecule has 0 aromatic heterocycles. The Kier molecular flexibility index (Phi) is 6.36. The number of nitrogen functional groups attached to an aromatic ring is 1. The Hall–Kier alpha value is -4.53. The van der Waals surface area contributed by atoms with Gasteiger partial charge in [-0.3, -0.25) is 19.7 Å². The summed E-state index contributed by atoms with van der Waals surface area (Å²) in [7, 11) is 0. The van der Waals surface area contributed by atoms with Crippen LogP contribution in [0.15, 0.2) is 72.8 Å². The maximum Gasteiger partial charge on any atom is 0.338 e. The average molecular weight is 419 g/mol. The van der Waals surface area contributed by atoms with Crippen LogP contribution in [-0.2, 0) is 4.74 Å². The molecule has 31 heavy (non-hydrogen) atoms. The number of amides is 1. The Morgan fingerprint density at radius 2 is 1.55 bits per heavy atom. The number of nitrogens with one attached hydrogen (secondary N) is 1. The number of ether oxygens (including phenoxy) is 1. The minimum atomic E-state index is -0.886. The normalized spacial score (nSPS) is 10.2. The number of carbonyl (C=O) groups excluding carboxylic acids is 3. The summed E-state index contributed by atoms with van der Waals surface area (Å²) in [6.07, 6.45) is 0. The van der Waals surface area contributed by atoms with Crippen LogP contribution in [0, 0.1) is 10.1 Å². The predicted molar refractivity (Wildman–Crippen MR) is 113 cm³/mol. The summed E-state index contributed by atoms with van der Waals surface area (Å²) in [6.45, 7) is -0.549. The first-order chi connectivity index (χ1) is 14.8. The molecule has 156 valence electrons. The third kappa shape index (κ3) is 5.30. The zero-order chi connectivity index (χ0) is 22.4. The lowest BCUT2D eigenvalue weighted by molar-refractivity contribution is -0.383. The van der Waals surface area contributed by atoms with E-state index in [-0.39, 0.29) is 22.7 Å². The van der Waals surface area contributed by atoms with Crippen molar-refractivity contribution >= 4 is 34.7 Å². The molecule has 1 amide bonds. The molecular formula is C22H17N3O6. The van der Waals surface area contributed by atoms with Crippen molar-refractivity contribution in [3.63, 3.8) is 0 Å². The van der Waals surface area contributed by atoms with E-state index in [1.165, 1.54) is 24.3 Å². The number of benzene rings is 3. The lowest BCUT2D eigenvalue weighted by Gasteiger charge is -2.07. The molecule has 9 nitrogen and oxygen atoms in total. The molecule has 0 bridgehead atoms. The molecule has 0 heterocycles. The summed E-state index contributed by atoms with van der Waals surface area (Å²) in [6, 6.07) is 18.2. The van der Waals surface area contributed by atoms with Crippen molar-refractivity contribution in [2.24, 2.45) is 0 Å². The molecule has 0 spiro atoms. The highest BCUT2D eigenvalue weighted by atomic mass is 16.6. The number of nitro benzene ring substituents is 1. The summed E-state index contributed by atoms with van der Waals surface area (Å²) < 4.78 is 4.95. The summed E-state index contributed by atoms with van der Waals surface area (Å²) in [5, 5.41) is 13.6. The second-order valence-corrected chi connectivity index (χ2v) is 6.43. The van der Waals surface area contributed by atoms with E-state index in [1.54, 1.807) is 42.5 Å². The van der Waals surface area contributed by atoms with E-state index in [4.69, 9.17) is 10.5 Å². The summed E-state index contributed by atoms with van der Waals surface area (Å²) in [5.41, 5.74) is 6.16. The minimum absolute atomic E-state index is 0.0860. The zero-order valence-corrected chi connectivity index (χ0v) is 16.1. The Morgan fingerprint density at radius 3 is 2.19 bits per heavy atom. The van der Waals surface area contributed by atoms with E-state index in [1.807, 2.05) is 0 Å². The first kappa shape index (κ1) is 21.2. The number of rotatable bonds is 7. The highest BCUT2D eigenvalue weighted by Crippen LogP contribution is 2.22. The molecule has 0 atom stereocenters. The Balaban J connectivity index is 1.58. The van der Waals surface area contributed by atoms with Crippen LogP contribution >= 0.6 is 0 Å². The number of nitro groups is 1. The SMILES string of the molecule is Nc1ccc(C(=O)OCC(=O)c2ccc(NC(=O)c3ccccc3)cc2)cc1[N+](=O)[O-]. The number of esters is 1. The molecule has 0 aliphatic rings. The second kappa shape index (κ2) is 9.31. The second-order valence-electron chi connectivity index (χ2n) is 6.43. The molecule has 9 heteroatoms. The molecule has 0 saturated heterocycles. The monoisotopic (exact) mass is 419 g/mol. The van der Waals surface area contributed by atoms with Crippen LogP contribution in [-0.4, -0.2) is 29.2 Å². The van der Waals surface area contributed by atoms with Gasteiger partial charge in [0.25, 0.3) is 11.6 Å². The van der Waals surface area contributed by atoms with Crippen molar-refractivity contribution in [1.82, 2.24) is 0 Å². The van der Waals surface area contributed by atoms with Crippen LogP contribution in [0.4, 0.5) is 17.1 Å². The van der Waals surface area contributed by atoms with Gasteiger partial charge in [-0.15, -0.1) is 0 Å². The van der Waals surface area contributed by atoms with Gasteiger partial charge in [0.15, 0.2) is 12.4 Å². The number of nitrogens with zero attached hydrogens (tertiary/aromatic N) is 1. The lowest BCUT2D eigenvalue weighted by Crippen LogP contribution is -2.15. The predicted octanol–water partition coefficient (Wildman–Crippen LogP) is 3.47. The first-order valence-electron chi connectivity index (χ1n) is 9.06. The van der Waals surface area contributed by atoms with Crippen molar-refractivity contribution < 1.29 is 24.0 Å². The Morgan fingerprint density at radius 1 is 0.903 bits per heavy atom. The van der Waals surface area contributed by atoms with Crippen LogP contribution in [0.1, 0.15) is 31.1 Å². The van der Waals surface area contributed by atoms with Crippen LogP contribution in [0.2, 0.25) is 0 Å². The molecule has 3 aromatic rings. The highest BCUT2D eigenvalue weighted by Gasteiger charge is 2.18. The number of ketones is 1. The van der Waals surface area contributed by atoms with Gasteiger partial charge in [0.05, 0.1) is 10.5 Å². The van der Waals surface area contributed by atoms with Gasteiger partial charge in [0, 0.05) is 22.9 Å². The summed E-state index contributed by atoms with van der Waals surface area (Å²) in [4.78, 5) is 46.7. The minimum Gasteiger partial charge on any atom is -0.454 e. The smallest absolute Gasteiger partial charge is 0.338 e. The van der Waals surface area contributed by atoms with Gasteiger partial charge in [-0.05, 0) is 48.5 Å². The standard InChI is InChI=1S/C22H17N3O6/c23-18-11-8-16(12-19(18)25(29)30)22(28)31-13-20(26)14-6-9-17(10-7-14)24-21(27)15-4-2-1-3-5-15/h1-12H,13,23H2,(H,24,27). The van der Waals surface area contributed by atoms with Gasteiger partial charge in [0.2, 0.25) is 0 Å². The van der Waals surface area contributed by atoms with Crippen LogP contribution in [0.3, 0.4) is 0 Å². The number of nitrogens with two attached hydrogens (primary N) is 1. The first-order valence-corrected chi connectivity index (χ1v) is 9.06. The highest BCUT2D eigenvalue weighted by molar-refractivity contribution is 6.05. The molecule has 0 radical (unpaired) electrons. The van der Waals surface area contributed by atoms with E-state index in [0.717, 1.165) is 6.07 Å². The van der Waals surface area contributed by atoms with Gasteiger partial charge in [-0.1, -0.05) is 18.2 Å². The third-order valence-corrected chi connectivity index (χ3v) is 4.30. The number of hydrogen-bond donors (Lipinski definition) is 2. The summed E-state index contributed by atoms with van der Waals surface area (Å²) in [5.74, 6) is -1.64. The fourth-order valence-electron chi connectivity index (χ4n) is 2.66. The van der Waals surface area contributed by atoms with Gasteiger partial charge >= 0.3 is 5.97 Å². The topological polar surface area (TPSA) is 142 Å². The number of hydrogen-bond acceptors (Lipinski definition) is 7. The van der Waals surface area contributed by atoms with Crippen molar-refractivity contribution in [3.05, 3.63) is 99.6 Å². The van der Waals surface area contributed by atoms with Crippen molar-refractivity contribution in [3.8, 4) is 0 Å². The molecule has 0 fully saturated rings. The molecule has 3 rings (SSSR count). The van der Waals surface area contributed by atoms with Gasteiger partial charge in [-0.25, -0.2) is 4.79 Å². The van der Waals surface area contributed by atoms with Crippen molar-refractivity contribution in [1.29, 1.82) is 0 Å². The van der Waals surface area contributed by atoms with E-state index < -0.39 is 29.0 Å². The fourth-order valence-corrected chi connectivity index (χ4v) is 2.66. The number of Topliss-reactive ketones (excluding diaryl/α,β-unsaturated/α-hetero) is 1. The van der Waals surface area contributed by atoms with Crippen LogP contribution in [0.25, 0.3) is 0 Å². The van der Waals surface area contributed by atoms with E-state index in [0.29, 0.717) is 11.3 Å². The van der Waals surface area contributed by atoms with Gasteiger partial charge < -0.3 is 15.8 Å². The molecule has 0 unspecified atom stereocenters. The molecule has 0 aliphatic carbocycles. The Bertz CT molecular complexity index is 1140. The molecule has 3 aromatic carbocycles. The third-order valence-electron chi connectivity index (χ3n) is 4.30. The quantitative estimate of drug-likeness (QED) is 0.196. The fraction of sp³-hybridized carbons (Fsp3) is 0.0455. The summed E-state index contributed by atoms with van der Waals surface area (Å²) >= 11 is 0. The van der Waals surface area contributed by atoms with E-state index in [9.17, 15) is 24.5 Å². The molecule has 0 saturated carbocycles. The molecular weight excluding hydrogens is 402 g/mol.